The van der Waals surface area contributed by atoms with Crippen LogP contribution >= 0.6 is 15.9 Å². The maximum absolute atomic E-state index is 12.3. The molecule has 102 valence electrons. The summed E-state index contributed by atoms with van der Waals surface area (Å²) < 4.78 is 37.2. The molecule has 0 spiro atoms. The molecule has 2 nitrogen and oxygen atoms in total. The Balaban J connectivity index is 0.00000137. The lowest BCUT2D eigenvalue weighted by molar-refractivity contribution is -0.138. The molecule has 1 aromatic rings. The highest BCUT2D eigenvalue weighted by molar-refractivity contribution is 9.10. The second-order valence-corrected chi connectivity index (χ2v) is 4.05. The molecule has 0 atom stereocenters. The van der Waals surface area contributed by atoms with Gasteiger partial charge in [-0.15, -0.1) is 0 Å². The van der Waals surface area contributed by atoms with Crippen molar-refractivity contribution in [2.24, 2.45) is 0 Å². The number of hydrogen-bond donors (Lipinski definition) is 1. The maximum Gasteiger partial charge on any atom is 0.416 e. The van der Waals surface area contributed by atoms with Gasteiger partial charge in [0.25, 0.3) is 0 Å². The molecule has 0 radical (unpaired) electrons. The smallest absolute Gasteiger partial charge is 0.416 e. The van der Waals surface area contributed by atoms with E-state index in [1.807, 2.05) is 13.8 Å². The van der Waals surface area contributed by atoms with Crippen molar-refractivity contribution in [3.63, 3.8) is 0 Å². The van der Waals surface area contributed by atoms with E-state index in [0.29, 0.717) is 5.56 Å². The SMILES string of the molecule is CC.O=C(O)CCc1ccc(C(F)(F)F)cc1Br. The van der Waals surface area contributed by atoms with Crippen LogP contribution in [0.15, 0.2) is 22.7 Å². The number of aliphatic carboxylic acids is 1. The van der Waals surface area contributed by atoms with Crippen molar-refractivity contribution < 1.29 is 23.1 Å². The lowest BCUT2D eigenvalue weighted by Crippen LogP contribution is -2.05. The number of carbonyl (C=O) groups is 1. The zero-order chi connectivity index (χ0) is 14.3. The summed E-state index contributed by atoms with van der Waals surface area (Å²) in [6.45, 7) is 4.00. The van der Waals surface area contributed by atoms with Crippen LogP contribution in [0.5, 0.6) is 0 Å². The third-order valence-electron chi connectivity index (χ3n) is 1.99. The average molecular weight is 327 g/mol. The van der Waals surface area contributed by atoms with Gasteiger partial charge in [0.1, 0.15) is 0 Å². The summed E-state index contributed by atoms with van der Waals surface area (Å²) in [5, 5.41) is 8.45. The molecule has 0 unspecified atom stereocenters. The molecular formula is C12H14BrF3O2. The van der Waals surface area contributed by atoms with Gasteiger partial charge in [0.15, 0.2) is 0 Å². The number of alkyl halides is 3. The summed E-state index contributed by atoms with van der Waals surface area (Å²) in [6, 6.07) is 3.19. The van der Waals surface area contributed by atoms with Crippen molar-refractivity contribution in [2.45, 2.75) is 32.9 Å². The van der Waals surface area contributed by atoms with E-state index in [1.54, 1.807) is 0 Å². The number of carboxylic acid groups (broad SMARTS) is 1. The fourth-order valence-electron chi connectivity index (χ4n) is 1.17. The first kappa shape index (κ1) is 17.0. The van der Waals surface area contributed by atoms with Gasteiger partial charge in [-0.1, -0.05) is 35.8 Å². The van der Waals surface area contributed by atoms with Gasteiger partial charge in [-0.05, 0) is 24.1 Å². The van der Waals surface area contributed by atoms with Gasteiger partial charge in [0.05, 0.1) is 5.56 Å². The lowest BCUT2D eigenvalue weighted by atomic mass is 10.1. The molecule has 0 heterocycles. The van der Waals surface area contributed by atoms with E-state index in [2.05, 4.69) is 15.9 Å². The summed E-state index contributed by atoms with van der Waals surface area (Å²) >= 11 is 3.00. The monoisotopic (exact) mass is 326 g/mol. The topological polar surface area (TPSA) is 37.3 Å². The average Bonchev–Trinajstić information content (AvgIpc) is 2.28. The second-order valence-electron chi connectivity index (χ2n) is 3.20. The van der Waals surface area contributed by atoms with Crippen molar-refractivity contribution in [1.82, 2.24) is 0 Å². The zero-order valence-electron chi connectivity index (χ0n) is 10.0. The van der Waals surface area contributed by atoms with Crippen LogP contribution in [0.1, 0.15) is 31.4 Å². The minimum Gasteiger partial charge on any atom is -0.481 e. The Morgan fingerprint density at radius 3 is 2.28 bits per heavy atom. The number of hydrogen-bond acceptors (Lipinski definition) is 1. The number of aryl methyl sites for hydroxylation is 1. The van der Waals surface area contributed by atoms with E-state index >= 15 is 0 Å². The molecule has 0 aliphatic heterocycles. The molecule has 1 rings (SSSR count). The van der Waals surface area contributed by atoms with Crippen LogP contribution in [0.3, 0.4) is 0 Å². The Morgan fingerprint density at radius 1 is 1.33 bits per heavy atom. The van der Waals surface area contributed by atoms with E-state index in [0.717, 1.165) is 12.1 Å². The summed E-state index contributed by atoms with van der Waals surface area (Å²) in [7, 11) is 0. The van der Waals surface area contributed by atoms with Crippen molar-refractivity contribution in [3.05, 3.63) is 33.8 Å². The van der Waals surface area contributed by atoms with E-state index in [4.69, 9.17) is 5.11 Å². The quantitative estimate of drug-likeness (QED) is 0.887. The third kappa shape index (κ3) is 5.53. The molecule has 0 bridgehead atoms. The van der Waals surface area contributed by atoms with E-state index < -0.39 is 17.7 Å². The highest BCUT2D eigenvalue weighted by Gasteiger charge is 2.30. The summed E-state index contributed by atoms with van der Waals surface area (Å²) in [4.78, 5) is 10.3. The van der Waals surface area contributed by atoms with Crippen LogP contribution in [0.2, 0.25) is 0 Å². The van der Waals surface area contributed by atoms with Gasteiger partial charge in [0.2, 0.25) is 0 Å². The highest BCUT2D eigenvalue weighted by atomic mass is 79.9. The van der Waals surface area contributed by atoms with Crippen LogP contribution in [0.25, 0.3) is 0 Å². The predicted octanol–water partition coefficient (Wildman–Crippen LogP) is 4.51. The summed E-state index contributed by atoms with van der Waals surface area (Å²) in [5.41, 5.74) is -0.200. The predicted molar refractivity (Wildman–Crippen MR) is 66.4 cm³/mol. The molecule has 0 fully saturated rings. The van der Waals surface area contributed by atoms with E-state index in [1.165, 1.54) is 6.07 Å². The molecule has 0 amide bonds. The van der Waals surface area contributed by atoms with Gasteiger partial charge >= 0.3 is 12.1 Å². The van der Waals surface area contributed by atoms with Crippen LogP contribution in [-0.4, -0.2) is 11.1 Å². The van der Waals surface area contributed by atoms with E-state index in [-0.39, 0.29) is 17.3 Å². The van der Waals surface area contributed by atoms with Crippen molar-refractivity contribution in [2.75, 3.05) is 0 Å². The van der Waals surface area contributed by atoms with Gasteiger partial charge in [-0.2, -0.15) is 13.2 Å². The number of carboxylic acids is 1. The Labute approximate surface area is 112 Å². The van der Waals surface area contributed by atoms with Crippen LogP contribution in [0, 0.1) is 0 Å². The first-order valence-electron chi connectivity index (χ1n) is 5.38. The second kappa shape index (κ2) is 7.41. The Morgan fingerprint density at radius 2 is 1.89 bits per heavy atom. The molecule has 0 saturated carbocycles. The highest BCUT2D eigenvalue weighted by Crippen LogP contribution is 2.32. The van der Waals surface area contributed by atoms with Crippen molar-refractivity contribution in [3.8, 4) is 0 Å². The van der Waals surface area contributed by atoms with Crippen molar-refractivity contribution >= 4 is 21.9 Å². The van der Waals surface area contributed by atoms with Crippen LogP contribution in [0.4, 0.5) is 13.2 Å². The zero-order valence-corrected chi connectivity index (χ0v) is 11.6. The Bertz CT molecular complexity index is 403. The minimum absolute atomic E-state index is 0.107. The molecule has 1 N–H and O–H groups in total. The van der Waals surface area contributed by atoms with Gasteiger partial charge in [0, 0.05) is 10.9 Å². The Hall–Kier alpha value is -1.04. The fraction of sp³-hybridized carbons (Fsp3) is 0.417. The normalized spacial score (nSPS) is 10.6. The first-order valence-corrected chi connectivity index (χ1v) is 6.17. The third-order valence-corrected chi connectivity index (χ3v) is 2.73. The fourth-order valence-corrected chi connectivity index (χ4v) is 1.75. The number of benzene rings is 1. The van der Waals surface area contributed by atoms with E-state index in [9.17, 15) is 18.0 Å². The first-order chi connectivity index (χ1) is 8.30. The standard InChI is InChI=1S/C10H8BrF3O2.C2H6/c11-8-5-7(10(12,13)14)3-1-6(8)2-4-9(15)16;1-2/h1,3,5H,2,4H2,(H,15,16);1-2H3. The van der Waals surface area contributed by atoms with Gasteiger partial charge in [-0.25, -0.2) is 0 Å². The molecular weight excluding hydrogens is 313 g/mol. The molecule has 1 aromatic carbocycles. The van der Waals surface area contributed by atoms with Crippen LogP contribution in [-0.2, 0) is 17.4 Å². The molecule has 6 heteroatoms. The summed E-state index contributed by atoms with van der Waals surface area (Å²) in [5.74, 6) is -0.980. The van der Waals surface area contributed by atoms with Crippen LogP contribution < -0.4 is 0 Å². The molecule has 0 aliphatic rings. The largest absolute Gasteiger partial charge is 0.481 e. The molecule has 0 aliphatic carbocycles. The summed E-state index contributed by atoms with van der Waals surface area (Å²) in [6.07, 6.45) is -4.29. The lowest BCUT2D eigenvalue weighted by Gasteiger charge is -2.09. The Kier molecular flexibility index (Phi) is 6.98. The molecule has 18 heavy (non-hydrogen) atoms. The van der Waals surface area contributed by atoms with Gasteiger partial charge < -0.3 is 5.11 Å². The van der Waals surface area contributed by atoms with Crippen molar-refractivity contribution in [1.29, 1.82) is 0 Å². The molecule has 0 saturated heterocycles. The van der Waals surface area contributed by atoms with Gasteiger partial charge in [-0.3, -0.25) is 4.79 Å². The number of halogens is 4. The number of rotatable bonds is 3. The maximum atomic E-state index is 12.3. The minimum atomic E-state index is -4.38. The molecule has 0 aromatic heterocycles.